The number of hydrogen-bond acceptors (Lipinski definition) is 5. The van der Waals surface area contributed by atoms with Gasteiger partial charge in [-0.25, -0.2) is 8.42 Å². The van der Waals surface area contributed by atoms with E-state index >= 15 is 0 Å². The van der Waals surface area contributed by atoms with E-state index in [1.807, 2.05) is 0 Å². The Kier molecular flexibility index (Phi) is 5.16. The summed E-state index contributed by atoms with van der Waals surface area (Å²) in [6.07, 6.45) is 0. The molecule has 0 saturated carbocycles. The molecule has 1 aliphatic heterocycles. The molecule has 4 rings (SSSR count). The molecule has 0 unspecified atom stereocenters. The molecule has 148 valence electrons. The van der Waals surface area contributed by atoms with Gasteiger partial charge in [-0.15, -0.1) is 0 Å². The van der Waals surface area contributed by atoms with Gasteiger partial charge in [-0.2, -0.15) is 0 Å². The number of rotatable bonds is 5. The second-order valence-electron chi connectivity index (χ2n) is 6.13. The van der Waals surface area contributed by atoms with E-state index in [4.69, 9.17) is 9.47 Å². The normalized spacial score (nSPS) is 12.4. The van der Waals surface area contributed by atoms with Crippen LogP contribution >= 0.6 is 15.9 Å². The van der Waals surface area contributed by atoms with E-state index in [0.29, 0.717) is 21.7 Å². The summed E-state index contributed by atoms with van der Waals surface area (Å²) in [7, 11) is -3.87. The first-order valence-electron chi connectivity index (χ1n) is 8.51. The lowest BCUT2D eigenvalue weighted by molar-refractivity contribution is 0.102. The van der Waals surface area contributed by atoms with Crippen LogP contribution in [0.5, 0.6) is 11.5 Å². The average molecular weight is 475 g/mol. The zero-order valence-electron chi connectivity index (χ0n) is 14.9. The number of halogens is 1. The number of amides is 1. The second kappa shape index (κ2) is 7.76. The minimum absolute atomic E-state index is 0.0813. The largest absolute Gasteiger partial charge is 0.454 e. The van der Waals surface area contributed by atoms with Gasteiger partial charge < -0.3 is 14.8 Å². The molecule has 0 aliphatic carbocycles. The van der Waals surface area contributed by atoms with Crippen molar-refractivity contribution < 1.29 is 22.7 Å². The molecule has 2 N–H and O–H groups in total. The Balaban J connectivity index is 1.59. The average Bonchev–Trinajstić information content (AvgIpc) is 3.16. The summed E-state index contributed by atoms with van der Waals surface area (Å²) < 4.78 is 39.1. The molecular weight excluding hydrogens is 460 g/mol. The van der Waals surface area contributed by atoms with Crippen LogP contribution in [0.1, 0.15) is 10.4 Å². The van der Waals surface area contributed by atoms with E-state index in [1.54, 1.807) is 48.5 Å². The van der Waals surface area contributed by atoms with Gasteiger partial charge in [0.25, 0.3) is 15.9 Å². The molecule has 0 radical (unpaired) electrons. The Bertz CT molecular complexity index is 1200. The molecule has 29 heavy (non-hydrogen) atoms. The molecule has 0 atom stereocenters. The van der Waals surface area contributed by atoms with E-state index in [0.717, 1.165) is 0 Å². The monoisotopic (exact) mass is 474 g/mol. The molecule has 3 aromatic carbocycles. The van der Waals surface area contributed by atoms with Gasteiger partial charge in [0.05, 0.1) is 16.1 Å². The standard InChI is InChI=1S/C20H15BrN2O5S/c21-13-4-3-5-15(10-13)29(25,26)23-17-7-2-1-6-16(17)20(24)22-14-8-9-18-19(11-14)28-12-27-18/h1-11,23H,12H2,(H,22,24). The first kappa shape index (κ1) is 19.3. The van der Waals surface area contributed by atoms with Crippen molar-refractivity contribution >= 4 is 43.2 Å². The van der Waals surface area contributed by atoms with Gasteiger partial charge in [0, 0.05) is 16.2 Å². The summed E-state index contributed by atoms with van der Waals surface area (Å²) in [5.74, 6) is 0.674. The number of para-hydroxylation sites is 1. The van der Waals surface area contributed by atoms with Crippen molar-refractivity contribution in [3.05, 3.63) is 76.8 Å². The lowest BCUT2D eigenvalue weighted by Crippen LogP contribution is -2.18. The summed E-state index contributed by atoms with van der Waals surface area (Å²) in [5, 5.41) is 2.75. The Labute approximate surface area is 175 Å². The van der Waals surface area contributed by atoms with E-state index < -0.39 is 15.9 Å². The maximum absolute atomic E-state index is 12.8. The summed E-state index contributed by atoms with van der Waals surface area (Å²) in [6, 6.07) is 17.7. The summed E-state index contributed by atoms with van der Waals surface area (Å²) >= 11 is 3.26. The van der Waals surface area contributed by atoms with Crippen LogP contribution in [0.2, 0.25) is 0 Å². The molecule has 0 bridgehead atoms. The van der Waals surface area contributed by atoms with Crippen LogP contribution in [-0.2, 0) is 10.0 Å². The molecule has 1 amide bonds. The third kappa shape index (κ3) is 4.20. The molecule has 3 aromatic rings. The second-order valence-corrected chi connectivity index (χ2v) is 8.73. The fraction of sp³-hybridized carbons (Fsp3) is 0.0500. The van der Waals surface area contributed by atoms with Crippen LogP contribution < -0.4 is 19.5 Å². The van der Waals surface area contributed by atoms with Crippen molar-refractivity contribution in [1.29, 1.82) is 0 Å². The first-order chi connectivity index (χ1) is 13.9. The highest BCUT2D eigenvalue weighted by Crippen LogP contribution is 2.34. The van der Waals surface area contributed by atoms with Gasteiger partial charge in [-0.1, -0.05) is 34.1 Å². The van der Waals surface area contributed by atoms with Crippen molar-refractivity contribution in [3.63, 3.8) is 0 Å². The fourth-order valence-corrected chi connectivity index (χ4v) is 4.46. The molecule has 0 spiro atoms. The summed E-state index contributed by atoms with van der Waals surface area (Å²) in [6.45, 7) is 0.132. The van der Waals surface area contributed by atoms with Gasteiger partial charge in [-0.3, -0.25) is 9.52 Å². The van der Waals surface area contributed by atoms with Crippen LogP contribution in [-0.4, -0.2) is 21.1 Å². The molecule has 0 saturated heterocycles. The molecular formula is C20H15BrN2O5S. The number of benzene rings is 3. The van der Waals surface area contributed by atoms with Crippen molar-refractivity contribution in [1.82, 2.24) is 0 Å². The molecule has 1 aliphatic rings. The van der Waals surface area contributed by atoms with Crippen molar-refractivity contribution in [2.24, 2.45) is 0 Å². The van der Waals surface area contributed by atoms with Crippen LogP contribution in [0.3, 0.4) is 0 Å². The maximum atomic E-state index is 12.8. The van der Waals surface area contributed by atoms with Gasteiger partial charge in [-0.05, 0) is 42.5 Å². The van der Waals surface area contributed by atoms with Crippen LogP contribution in [0.15, 0.2) is 76.1 Å². The highest BCUT2D eigenvalue weighted by Gasteiger charge is 2.20. The smallest absolute Gasteiger partial charge is 0.261 e. The first-order valence-corrected chi connectivity index (χ1v) is 10.8. The summed E-state index contributed by atoms with van der Waals surface area (Å²) in [5.41, 5.74) is 0.860. The molecule has 0 fully saturated rings. The Morgan fingerprint density at radius 3 is 2.55 bits per heavy atom. The highest BCUT2D eigenvalue weighted by molar-refractivity contribution is 9.10. The van der Waals surface area contributed by atoms with E-state index in [2.05, 4.69) is 26.0 Å². The Morgan fingerprint density at radius 1 is 0.931 bits per heavy atom. The predicted molar refractivity (Wildman–Crippen MR) is 112 cm³/mol. The number of nitrogens with one attached hydrogen (secondary N) is 2. The fourth-order valence-electron chi connectivity index (χ4n) is 2.78. The Morgan fingerprint density at radius 2 is 1.72 bits per heavy atom. The topological polar surface area (TPSA) is 93.7 Å². The van der Waals surface area contributed by atoms with Crippen molar-refractivity contribution in [3.8, 4) is 11.5 Å². The van der Waals surface area contributed by atoms with Gasteiger partial charge >= 0.3 is 0 Å². The molecule has 9 heteroatoms. The maximum Gasteiger partial charge on any atom is 0.261 e. The third-order valence-corrected chi connectivity index (χ3v) is 6.01. The number of hydrogen-bond donors (Lipinski definition) is 2. The van der Waals surface area contributed by atoms with Gasteiger partial charge in [0.15, 0.2) is 11.5 Å². The number of carbonyl (C=O) groups excluding carboxylic acids is 1. The Hall–Kier alpha value is -3.04. The zero-order valence-corrected chi connectivity index (χ0v) is 17.3. The molecule has 7 nitrogen and oxygen atoms in total. The minimum Gasteiger partial charge on any atom is -0.454 e. The predicted octanol–water partition coefficient (Wildman–Crippen LogP) is 4.23. The number of anilines is 2. The number of ether oxygens (including phenoxy) is 2. The van der Waals surface area contributed by atoms with Crippen molar-refractivity contribution in [2.45, 2.75) is 4.90 Å². The zero-order chi connectivity index (χ0) is 20.4. The molecule has 0 aromatic heterocycles. The van der Waals surface area contributed by atoms with E-state index in [9.17, 15) is 13.2 Å². The SMILES string of the molecule is O=C(Nc1ccc2c(c1)OCO2)c1ccccc1NS(=O)(=O)c1cccc(Br)c1. The van der Waals surface area contributed by atoms with Gasteiger partial charge in [0.2, 0.25) is 6.79 Å². The lowest BCUT2D eigenvalue weighted by Gasteiger charge is -2.13. The quantitative estimate of drug-likeness (QED) is 0.576. The minimum atomic E-state index is -3.87. The van der Waals surface area contributed by atoms with E-state index in [-0.39, 0.29) is 22.9 Å². The number of fused-ring (bicyclic) bond motifs is 1. The number of carbonyl (C=O) groups is 1. The van der Waals surface area contributed by atoms with Crippen molar-refractivity contribution in [2.75, 3.05) is 16.8 Å². The third-order valence-electron chi connectivity index (χ3n) is 4.15. The number of sulfonamides is 1. The van der Waals surface area contributed by atoms with Crippen LogP contribution in [0.25, 0.3) is 0 Å². The van der Waals surface area contributed by atoms with Crippen LogP contribution in [0.4, 0.5) is 11.4 Å². The highest BCUT2D eigenvalue weighted by atomic mass is 79.9. The molecule has 1 heterocycles. The van der Waals surface area contributed by atoms with Crippen LogP contribution in [0, 0.1) is 0 Å². The van der Waals surface area contributed by atoms with Gasteiger partial charge in [0.1, 0.15) is 0 Å². The lowest BCUT2D eigenvalue weighted by atomic mass is 10.1. The van der Waals surface area contributed by atoms with E-state index in [1.165, 1.54) is 18.2 Å². The summed E-state index contributed by atoms with van der Waals surface area (Å²) in [4.78, 5) is 12.9.